The summed E-state index contributed by atoms with van der Waals surface area (Å²) in [7, 11) is 3.51. The number of piperidine rings is 1. The number of carbonyl (C=O) groups is 1. The largest absolute Gasteiger partial charge is 0.497 e. The number of pyridine rings is 1. The van der Waals surface area contributed by atoms with Crippen LogP contribution in [0.4, 0.5) is 5.69 Å². The van der Waals surface area contributed by atoms with Crippen LogP contribution in [0.2, 0.25) is 0 Å². The van der Waals surface area contributed by atoms with E-state index in [0.717, 1.165) is 42.8 Å². The molecule has 0 unspecified atom stereocenters. The molecule has 3 aromatic heterocycles. The first-order valence-corrected chi connectivity index (χ1v) is 11.1. The first kappa shape index (κ1) is 21.1. The number of methoxy groups -OCH3 is 1. The van der Waals surface area contributed by atoms with E-state index in [0.29, 0.717) is 22.7 Å². The van der Waals surface area contributed by atoms with Gasteiger partial charge in [-0.25, -0.2) is 4.98 Å². The molecule has 0 aliphatic carbocycles. The average molecular weight is 446 g/mol. The highest BCUT2D eigenvalue weighted by Crippen LogP contribution is 2.28. The molecule has 33 heavy (non-hydrogen) atoms. The van der Waals surface area contributed by atoms with Gasteiger partial charge in [0.2, 0.25) is 0 Å². The molecule has 1 amide bonds. The summed E-state index contributed by atoms with van der Waals surface area (Å²) >= 11 is 0. The van der Waals surface area contributed by atoms with E-state index in [1.54, 1.807) is 24.1 Å². The SMILES string of the molecule is COc1ccc(N2CCC(NC(=O)c3cc(-c4ccco4)nc4c3c(C)nn4C)CC2)cc1. The number of anilines is 1. The number of benzene rings is 1. The highest BCUT2D eigenvalue weighted by atomic mass is 16.5. The van der Waals surface area contributed by atoms with E-state index in [1.165, 1.54) is 5.69 Å². The predicted molar refractivity (Wildman–Crippen MR) is 127 cm³/mol. The Morgan fingerprint density at radius 3 is 2.61 bits per heavy atom. The van der Waals surface area contributed by atoms with E-state index in [2.05, 4.69) is 27.4 Å². The highest BCUT2D eigenvalue weighted by molar-refractivity contribution is 6.07. The van der Waals surface area contributed by atoms with Gasteiger partial charge in [0.05, 0.1) is 30.0 Å². The van der Waals surface area contributed by atoms with Crippen LogP contribution in [0.3, 0.4) is 0 Å². The van der Waals surface area contributed by atoms with Gasteiger partial charge in [-0.15, -0.1) is 0 Å². The van der Waals surface area contributed by atoms with E-state index in [9.17, 15) is 4.79 Å². The van der Waals surface area contributed by atoms with Gasteiger partial charge in [-0.2, -0.15) is 5.10 Å². The first-order valence-electron chi connectivity index (χ1n) is 11.1. The fraction of sp³-hybridized carbons (Fsp3) is 0.320. The van der Waals surface area contributed by atoms with Crippen molar-refractivity contribution < 1.29 is 13.9 Å². The summed E-state index contributed by atoms with van der Waals surface area (Å²) in [4.78, 5) is 20.4. The molecule has 8 nitrogen and oxygen atoms in total. The Morgan fingerprint density at radius 1 is 1.18 bits per heavy atom. The van der Waals surface area contributed by atoms with Crippen molar-refractivity contribution in [3.05, 3.63) is 60.0 Å². The normalized spacial score (nSPS) is 14.6. The van der Waals surface area contributed by atoms with Crippen LogP contribution in [-0.2, 0) is 7.05 Å². The van der Waals surface area contributed by atoms with Crippen LogP contribution in [0, 0.1) is 6.92 Å². The zero-order valence-corrected chi connectivity index (χ0v) is 19.0. The average Bonchev–Trinajstić information content (AvgIpc) is 3.48. The molecule has 5 rings (SSSR count). The lowest BCUT2D eigenvalue weighted by Gasteiger charge is -2.34. The minimum atomic E-state index is -0.103. The maximum atomic E-state index is 13.4. The topological polar surface area (TPSA) is 85.4 Å². The Hall–Kier alpha value is -3.81. The maximum Gasteiger partial charge on any atom is 0.252 e. The minimum absolute atomic E-state index is 0.103. The number of nitrogens with zero attached hydrogens (tertiary/aromatic N) is 4. The second-order valence-electron chi connectivity index (χ2n) is 8.37. The number of furan rings is 1. The fourth-order valence-electron chi connectivity index (χ4n) is 4.51. The number of nitrogens with one attached hydrogen (secondary N) is 1. The van der Waals surface area contributed by atoms with Crippen molar-refractivity contribution in [2.45, 2.75) is 25.8 Å². The number of hydrogen-bond donors (Lipinski definition) is 1. The quantitative estimate of drug-likeness (QED) is 0.501. The summed E-state index contributed by atoms with van der Waals surface area (Å²) in [5.74, 6) is 1.37. The van der Waals surface area contributed by atoms with Gasteiger partial charge in [-0.3, -0.25) is 9.48 Å². The monoisotopic (exact) mass is 445 g/mol. The molecule has 8 heteroatoms. The van der Waals surface area contributed by atoms with Gasteiger partial charge in [-0.05, 0) is 62.2 Å². The standard InChI is InChI=1S/C25H27N5O3/c1-16-23-20(15-21(22-5-4-14-33-22)27-24(23)29(2)28-16)25(31)26-17-10-12-30(13-11-17)18-6-8-19(32-3)9-7-18/h4-9,14-15,17H,10-13H2,1-3H3,(H,26,31). The van der Waals surface area contributed by atoms with Gasteiger partial charge in [0.15, 0.2) is 11.4 Å². The summed E-state index contributed by atoms with van der Waals surface area (Å²) in [6.07, 6.45) is 3.36. The van der Waals surface area contributed by atoms with Gasteiger partial charge in [0, 0.05) is 31.9 Å². The summed E-state index contributed by atoms with van der Waals surface area (Å²) in [6.45, 7) is 3.67. The molecule has 0 saturated carbocycles. The highest BCUT2D eigenvalue weighted by Gasteiger charge is 2.25. The number of amides is 1. The van der Waals surface area contributed by atoms with Crippen molar-refractivity contribution in [1.29, 1.82) is 0 Å². The third-order valence-corrected chi connectivity index (χ3v) is 6.25. The van der Waals surface area contributed by atoms with Gasteiger partial charge in [0.25, 0.3) is 5.91 Å². The van der Waals surface area contributed by atoms with Crippen molar-refractivity contribution in [1.82, 2.24) is 20.1 Å². The lowest BCUT2D eigenvalue weighted by molar-refractivity contribution is 0.0932. The molecule has 1 fully saturated rings. The molecule has 1 aliphatic rings. The molecule has 0 atom stereocenters. The number of aromatic nitrogens is 3. The molecule has 4 heterocycles. The van der Waals surface area contributed by atoms with Crippen molar-refractivity contribution in [3.63, 3.8) is 0 Å². The minimum Gasteiger partial charge on any atom is -0.497 e. The molecular weight excluding hydrogens is 418 g/mol. The summed E-state index contributed by atoms with van der Waals surface area (Å²) in [5.41, 5.74) is 3.82. The van der Waals surface area contributed by atoms with Gasteiger partial charge >= 0.3 is 0 Å². The van der Waals surface area contributed by atoms with Crippen LogP contribution in [0.15, 0.2) is 53.1 Å². The maximum absolute atomic E-state index is 13.4. The smallest absolute Gasteiger partial charge is 0.252 e. The van der Waals surface area contributed by atoms with Crippen molar-refractivity contribution in [2.75, 3.05) is 25.1 Å². The number of carbonyl (C=O) groups excluding carboxylic acids is 1. The molecule has 0 radical (unpaired) electrons. The van der Waals surface area contributed by atoms with Crippen LogP contribution in [0.1, 0.15) is 28.9 Å². The second kappa shape index (κ2) is 8.61. The Morgan fingerprint density at radius 2 is 1.94 bits per heavy atom. The molecular formula is C25H27N5O3. The number of ether oxygens (including phenoxy) is 1. The predicted octanol–water partition coefficient (Wildman–Crippen LogP) is 3.94. The van der Waals surface area contributed by atoms with Crippen LogP contribution >= 0.6 is 0 Å². The van der Waals surface area contributed by atoms with Crippen molar-refractivity contribution in [3.8, 4) is 17.2 Å². The molecule has 0 spiro atoms. The van der Waals surface area contributed by atoms with Crippen LogP contribution in [0.25, 0.3) is 22.5 Å². The molecule has 1 saturated heterocycles. The molecule has 1 N–H and O–H groups in total. The van der Waals surface area contributed by atoms with Gasteiger partial charge in [0.1, 0.15) is 11.4 Å². The zero-order chi connectivity index (χ0) is 22.9. The van der Waals surface area contributed by atoms with Gasteiger partial charge in [-0.1, -0.05) is 0 Å². The van der Waals surface area contributed by atoms with E-state index < -0.39 is 0 Å². The van der Waals surface area contributed by atoms with Gasteiger partial charge < -0.3 is 19.4 Å². The van der Waals surface area contributed by atoms with Crippen LogP contribution in [-0.4, -0.2) is 46.9 Å². The number of rotatable bonds is 5. The summed E-state index contributed by atoms with van der Waals surface area (Å²) < 4.78 is 12.5. The first-order chi connectivity index (χ1) is 16.0. The van der Waals surface area contributed by atoms with E-state index in [1.807, 2.05) is 38.2 Å². The second-order valence-corrected chi connectivity index (χ2v) is 8.37. The molecule has 170 valence electrons. The lowest BCUT2D eigenvalue weighted by atomic mass is 10.0. The van der Waals surface area contributed by atoms with Crippen LogP contribution in [0.5, 0.6) is 5.75 Å². The Balaban J connectivity index is 1.34. The Kier molecular flexibility index (Phi) is 5.50. The van der Waals surface area contributed by atoms with E-state index in [4.69, 9.17) is 14.1 Å². The van der Waals surface area contributed by atoms with E-state index >= 15 is 0 Å². The van der Waals surface area contributed by atoms with Crippen molar-refractivity contribution >= 4 is 22.6 Å². The molecule has 0 bridgehead atoms. The number of fused-ring (bicyclic) bond motifs is 1. The molecule has 1 aliphatic heterocycles. The van der Waals surface area contributed by atoms with E-state index in [-0.39, 0.29) is 11.9 Å². The molecule has 1 aromatic carbocycles. The summed E-state index contributed by atoms with van der Waals surface area (Å²) in [5, 5.41) is 8.51. The Labute approximate surface area is 192 Å². The zero-order valence-electron chi connectivity index (χ0n) is 19.0. The summed E-state index contributed by atoms with van der Waals surface area (Å²) in [6, 6.07) is 13.7. The third kappa shape index (κ3) is 4.04. The number of hydrogen-bond acceptors (Lipinski definition) is 6. The lowest BCUT2D eigenvalue weighted by Crippen LogP contribution is -2.44. The molecule has 4 aromatic rings. The Bertz CT molecular complexity index is 1270. The number of aryl methyl sites for hydroxylation is 2. The van der Waals surface area contributed by atoms with Crippen LogP contribution < -0.4 is 15.0 Å². The fourth-order valence-corrected chi connectivity index (χ4v) is 4.51. The van der Waals surface area contributed by atoms with Crippen molar-refractivity contribution in [2.24, 2.45) is 7.05 Å². The third-order valence-electron chi connectivity index (χ3n) is 6.25.